The van der Waals surface area contributed by atoms with E-state index in [4.69, 9.17) is 8.22 Å². The Bertz CT molecular complexity index is 7010. The Labute approximate surface area is 573 Å². The second-order valence-electron chi connectivity index (χ2n) is 23.6. The topological polar surface area (TPSA) is 110 Å². The molecule has 0 bridgehead atoms. The third-order valence-electron chi connectivity index (χ3n) is 18.7. The van der Waals surface area contributed by atoms with E-state index in [-0.39, 0.29) is 90.6 Å². The van der Waals surface area contributed by atoms with Crippen molar-refractivity contribution in [2.45, 2.75) is 0 Å². The molecule has 13 heteroatoms. The van der Waals surface area contributed by atoms with E-state index in [0.717, 1.165) is 0 Å². The maximum absolute atomic E-state index is 9.77. The lowest BCUT2D eigenvalue weighted by molar-refractivity contribution is 1.04. The van der Waals surface area contributed by atoms with Crippen LogP contribution in [0.5, 0.6) is 0 Å². The molecule has 0 fully saturated rings. The molecule has 0 saturated carbocycles. The number of hydrogen-bond donors (Lipinski definition) is 0. The van der Waals surface area contributed by atoms with Crippen LogP contribution >= 0.6 is 0 Å². The van der Waals surface area contributed by atoms with Gasteiger partial charge in [0.05, 0.1) is 105 Å². The Morgan fingerprint density at radius 2 is 0.515 bits per heavy atom. The molecule has 0 aliphatic heterocycles. The molecule has 21 aromatic rings. The van der Waals surface area contributed by atoms with E-state index in [0.29, 0.717) is 182 Å². The van der Waals surface area contributed by atoms with Crippen molar-refractivity contribution in [2.24, 2.45) is 0 Å². The van der Waals surface area contributed by atoms with Gasteiger partial charge >= 0.3 is 0 Å². The molecular formula is C84H51N13. The summed E-state index contributed by atoms with van der Waals surface area (Å²) in [7, 11) is 0. The second-order valence-corrected chi connectivity index (χ2v) is 23.6. The van der Waals surface area contributed by atoms with Crippen molar-refractivity contribution >= 4 is 148 Å². The molecule has 452 valence electrons. The zero-order valence-corrected chi connectivity index (χ0v) is 50.6. The van der Waals surface area contributed by atoms with Crippen molar-refractivity contribution in [3.8, 4) is 34.5 Å². The lowest BCUT2D eigenvalue weighted by Crippen LogP contribution is -2.10. The van der Waals surface area contributed by atoms with Crippen LogP contribution in [0.25, 0.3) is 165 Å². The van der Waals surface area contributed by atoms with Crippen LogP contribution in [0.3, 0.4) is 0 Å². The van der Waals surface area contributed by atoms with E-state index in [1.807, 2.05) is 91.4 Å². The largest absolute Gasteiger partial charge is 0.310 e. The summed E-state index contributed by atoms with van der Waals surface area (Å²) >= 11 is 0. The molecule has 13 nitrogen and oxygen atoms in total. The SMILES string of the molecule is [2H]c1cc([2H])c2c(c1)c1c(c([2H])cc3c4cc([2H])cc([2H])c4n(-c4ccc(N(c5ccc(-n6c7c([2H])cc([2H])cc7c7cc([2H])c8c(c9cc([2H])cc([2H])c9n8-c8cnccn8)c76)cc5)c5ccc(-n6c7c([2H])cc([2H])cc7c7cc([2H])c8c(c9cc([2H])cc([2H])c9n8-c8cnccn8)c76)cc5)cc4)c31)n2-c1cnccn1. The first-order valence-corrected chi connectivity index (χ1v) is 31.2. The molecule has 0 atom stereocenters. The van der Waals surface area contributed by atoms with Crippen LogP contribution in [0.4, 0.5) is 17.1 Å². The highest BCUT2D eigenvalue weighted by atomic mass is 15.2. The lowest BCUT2D eigenvalue weighted by Gasteiger charge is -2.26. The van der Waals surface area contributed by atoms with Gasteiger partial charge in [0.2, 0.25) is 0 Å². The molecule has 0 aliphatic carbocycles. The van der Waals surface area contributed by atoms with Gasteiger partial charge in [-0.05, 0) is 127 Å². The summed E-state index contributed by atoms with van der Waals surface area (Å²) < 4.78 is 151. The maximum atomic E-state index is 9.77. The third-order valence-corrected chi connectivity index (χ3v) is 18.7. The summed E-state index contributed by atoms with van der Waals surface area (Å²) in [6, 6.07) is 48.2. The Hall–Kier alpha value is -13.5. The van der Waals surface area contributed by atoms with E-state index in [9.17, 15) is 12.3 Å². The average molecular weight is 1260 g/mol. The molecular weight excluding hydrogens is 1190 g/mol. The van der Waals surface area contributed by atoms with Crippen molar-refractivity contribution in [3.63, 3.8) is 0 Å². The van der Waals surface area contributed by atoms with Crippen LogP contribution < -0.4 is 4.90 Å². The lowest BCUT2D eigenvalue weighted by atomic mass is 10.1. The molecule has 12 aromatic carbocycles. The molecule has 0 spiro atoms. The van der Waals surface area contributed by atoms with Crippen molar-refractivity contribution < 1.29 is 20.6 Å². The van der Waals surface area contributed by atoms with Crippen LogP contribution in [0.2, 0.25) is 0 Å². The normalized spacial score (nSPS) is 14.3. The Kier molecular flexibility index (Phi) is 8.55. The van der Waals surface area contributed by atoms with Crippen LogP contribution in [0.1, 0.15) is 20.6 Å². The molecule has 97 heavy (non-hydrogen) atoms. The Morgan fingerprint density at radius 3 is 0.784 bits per heavy atom. The minimum absolute atomic E-state index is 0.0296. The van der Waals surface area contributed by atoms with Gasteiger partial charge in [-0.1, -0.05) is 127 Å². The minimum atomic E-state index is 0.0296. The number of rotatable bonds is 9. The van der Waals surface area contributed by atoms with Crippen molar-refractivity contribution in [2.75, 3.05) is 4.90 Å². The molecule has 0 unspecified atom stereocenters. The summed E-state index contributed by atoms with van der Waals surface area (Å²) in [5.41, 5.74) is 9.13. The van der Waals surface area contributed by atoms with E-state index in [2.05, 4.69) is 29.9 Å². The van der Waals surface area contributed by atoms with Crippen LogP contribution in [0, 0.1) is 0 Å². The first-order valence-electron chi connectivity index (χ1n) is 38.7. The fourth-order valence-electron chi connectivity index (χ4n) is 14.8. The monoisotopic (exact) mass is 1260 g/mol. The summed E-state index contributed by atoms with van der Waals surface area (Å²) in [6.45, 7) is 0. The number of benzene rings is 12. The van der Waals surface area contributed by atoms with Gasteiger partial charge < -0.3 is 18.6 Å². The van der Waals surface area contributed by atoms with Gasteiger partial charge in [0, 0.05) is 136 Å². The van der Waals surface area contributed by atoms with E-state index in [1.54, 1.807) is 86.9 Å². The number of hydrogen-bond acceptors (Lipinski definition) is 7. The Balaban J connectivity index is 0.807. The van der Waals surface area contributed by atoms with Gasteiger partial charge in [0.15, 0.2) is 17.5 Å². The molecule has 0 saturated heterocycles. The minimum Gasteiger partial charge on any atom is -0.310 e. The van der Waals surface area contributed by atoms with Gasteiger partial charge in [-0.2, -0.15) is 0 Å². The summed E-state index contributed by atoms with van der Waals surface area (Å²) in [5.74, 6) is 1.06. The number of para-hydroxylation sites is 6. The van der Waals surface area contributed by atoms with E-state index in [1.165, 1.54) is 73.6 Å². The van der Waals surface area contributed by atoms with Crippen molar-refractivity contribution in [1.82, 2.24) is 57.3 Å². The highest BCUT2D eigenvalue weighted by Gasteiger charge is 2.26. The smallest absolute Gasteiger partial charge is 0.156 e. The number of nitrogens with zero attached hydrogens (tertiary/aromatic N) is 13. The fourth-order valence-corrected chi connectivity index (χ4v) is 14.8. The van der Waals surface area contributed by atoms with Crippen molar-refractivity contribution in [3.05, 3.63) is 310 Å². The molecule has 21 rings (SSSR count). The maximum Gasteiger partial charge on any atom is 0.156 e. The Morgan fingerprint density at radius 1 is 0.247 bits per heavy atom. The molecule has 9 aromatic heterocycles. The predicted octanol–water partition coefficient (Wildman–Crippen LogP) is 20.1. The highest BCUT2D eigenvalue weighted by molar-refractivity contribution is 6.29. The molecule has 0 aliphatic rings. The second kappa shape index (κ2) is 20.5. The first kappa shape index (κ1) is 40.5. The quantitative estimate of drug-likeness (QED) is 0.142. The summed E-state index contributed by atoms with van der Waals surface area (Å²) in [6.07, 6.45) is 13.9. The van der Waals surface area contributed by atoms with Crippen LogP contribution in [0.15, 0.2) is 310 Å². The summed E-state index contributed by atoms with van der Waals surface area (Å²) in [5, 5.41) is 6.43. The number of fused-ring (bicyclic) bond motifs is 21. The first-order chi connectivity index (χ1) is 54.3. The van der Waals surface area contributed by atoms with Crippen molar-refractivity contribution in [1.29, 1.82) is 0 Å². The molecule has 0 amide bonds. The highest BCUT2D eigenvalue weighted by Crippen LogP contribution is 2.47. The van der Waals surface area contributed by atoms with E-state index >= 15 is 0 Å². The zero-order chi connectivity index (χ0) is 76.5. The third kappa shape index (κ3) is 7.58. The number of aromatic nitrogens is 12. The van der Waals surface area contributed by atoms with Gasteiger partial charge in [0.25, 0.3) is 0 Å². The van der Waals surface area contributed by atoms with Gasteiger partial charge in [-0.3, -0.25) is 28.7 Å². The predicted molar refractivity (Wildman–Crippen MR) is 394 cm³/mol. The average Bonchev–Trinajstić information content (AvgIpc) is 1.54. The molecule has 0 N–H and O–H groups in total. The molecule has 0 radical (unpaired) electrons. The summed E-state index contributed by atoms with van der Waals surface area (Å²) in [4.78, 5) is 29.1. The standard InChI is InChI=1S/C84H51N13/c1-7-19-67-58(13-1)61-37-40-73-79(64-16-4-10-22-70(64)95(73)76-49-85-43-46-88-76)82(61)92(67)55-31-25-52(26-32-55)91(53-27-33-56(34-28-53)93-68-20-8-2-14-59(68)62-38-41-74-80(83(62)93)65-17-5-11-23-71(65)96(74)77-50-86-44-47-89-77)54-29-35-57(36-30-54)94-69-21-9-3-15-60(69)63-39-42-75-81(84(63)94)66-18-6-12-24-72(66)97(75)78-51-87-45-48-90-78/h1-51H/i1D,2D,3D,4D,5D,6D,19D,20D,21D,22D,23D,24D,40D,41D,42D. The van der Waals surface area contributed by atoms with Crippen LogP contribution in [-0.2, 0) is 0 Å². The van der Waals surface area contributed by atoms with E-state index < -0.39 is 0 Å². The fraction of sp³-hybridized carbons (Fsp3) is 0. The van der Waals surface area contributed by atoms with Gasteiger partial charge in [-0.25, -0.2) is 15.0 Å². The van der Waals surface area contributed by atoms with Crippen LogP contribution in [-0.4, -0.2) is 57.3 Å². The number of anilines is 3. The zero-order valence-electron chi connectivity index (χ0n) is 65.6. The van der Waals surface area contributed by atoms with Gasteiger partial charge in [-0.15, -0.1) is 0 Å². The molecule has 9 heterocycles. The van der Waals surface area contributed by atoms with Gasteiger partial charge in [0.1, 0.15) is 0 Å².